The fourth-order valence-electron chi connectivity index (χ4n) is 3.14. The predicted octanol–water partition coefficient (Wildman–Crippen LogP) is 5.90. The summed E-state index contributed by atoms with van der Waals surface area (Å²) in [6.07, 6.45) is 0. The number of benzene rings is 3. The molecule has 0 atom stereocenters. The summed E-state index contributed by atoms with van der Waals surface area (Å²) in [6, 6.07) is 17.0. The highest BCUT2D eigenvalue weighted by atomic mass is 35.5. The minimum atomic E-state index is -0.462. The maximum absolute atomic E-state index is 13.5. The molecule has 4 rings (SSSR count). The van der Waals surface area contributed by atoms with Gasteiger partial charge in [0.1, 0.15) is 5.82 Å². The molecule has 1 N–H and O–H groups in total. The topological polar surface area (TPSA) is 59.8 Å². The van der Waals surface area contributed by atoms with E-state index in [-0.39, 0.29) is 11.6 Å². The summed E-state index contributed by atoms with van der Waals surface area (Å²) in [5.41, 5.74) is 5.08. The van der Waals surface area contributed by atoms with E-state index in [0.29, 0.717) is 22.1 Å². The number of rotatable bonds is 4. The molecule has 1 heterocycles. The number of nitrogens with zero attached hydrogens (tertiary/aromatic N) is 3. The van der Waals surface area contributed by atoms with Crippen molar-refractivity contribution in [2.24, 2.45) is 0 Å². The zero-order valence-electron chi connectivity index (χ0n) is 17.3. The highest BCUT2D eigenvalue weighted by Gasteiger charge is 2.20. The van der Waals surface area contributed by atoms with Crippen LogP contribution in [0.25, 0.3) is 17.1 Å². The van der Waals surface area contributed by atoms with E-state index in [9.17, 15) is 9.18 Å². The zero-order chi connectivity index (χ0) is 22.1. The SMILES string of the molecule is Cc1ccc(-n2nc(C(=O)Nc3cc(Cl)ccc3C)nc2-c2ccc(F)cc2)cc1C. The summed E-state index contributed by atoms with van der Waals surface area (Å²) >= 11 is 6.06. The normalized spacial score (nSPS) is 10.9. The third-order valence-corrected chi connectivity index (χ3v) is 5.33. The van der Waals surface area contributed by atoms with Gasteiger partial charge in [0, 0.05) is 16.3 Å². The highest BCUT2D eigenvalue weighted by Crippen LogP contribution is 2.24. The van der Waals surface area contributed by atoms with Gasteiger partial charge in [0.25, 0.3) is 5.91 Å². The number of carbonyl (C=O) groups is 1. The summed E-state index contributed by atoms with van der Waals surface area (Å²) in [6.45, 7) is 5.90. The molecule has 1 amide bonds. The molecular weight excluding hydrogens is 415 g/mol. The van der Waals surface area contributed by atoms with Crippen molar-refractivity contribution >= 4 is 23.2 Å². The quantitative estimate of drug-likeness (QED) is 0.434. The molecule has 5 nitrogen and oxygen atoms in total. The molecule has 0 unspecified atom stereocenters. The van der Waals surface area contributed by atoms with E-state index in [1.54, 1.807) is 28.9 Å². The second kappa shape index (κ2) is 8.32. The van der Waals surface area contributed by atoms with Gasteiger partial charge in [-0.3, -0.25) is 4.79 Å². The Morgan fingerprint density at radius 2 is 1.65 bits per heavy atom. The molecule has 0 bridgehead atoms. The van der Waals surface area contributed by atoms with Crippen LogP contribution in [-0.4, -0.2) is 20.7 Å². The predicted molar refractivity (Wildman–Crippen MR) is 120 cm³/mol. The number of carbonyl (C=O) groups excluding carboxylic acids is 1. The van der Waals surface area contributed by atoms with Crippen molar-refractivity contribution in [1.82, 2.24) is 14.8 Å². The minimum absolute atomic E-state index is 0.00284. The van der Waals surface area contributed by atoms with E-state index in [4.69, 9.17) is 11.6 Å². The van der Waals surface area contributed by atoms with Crippen LogP contribution in [0.5, 0.6) is 0 Å². The van der Waals surface area contributed by atoms with E-state index in [2.05, 4.69) is 15.4 Å². The van der Waals surface area contributed by atoms with Crippen molar-refractivity contribution in [3.05, 3.63) is 94.0 Å². The summed E-state index contributed by atoms with van der Waals surface area (Å²) in [4.78, 5) is 17.4. The van der Waals surface area contributed by atoms with E-state index in [1.807, 2.05) is 45.0 Å². The number of halogens is 2. The van der Waals surface area contributed by atoms with Gasteiger partial charge in [-0.2, -0.15) is 0 Å². The largest absolute Gasteiger partial charge is 0.319 e. The molecule has 156 valence electrons. The van der Waals surface area contributed by atoms with Crippen LogP contribution in [-0.2, 0) is 0 Å². The number of amides is 1. The molecule has 31 heavy (non-hydrogen) atoms. The Labute approximate surface area is 184 Å². The van der Waals surface area contributed by atoms with E-state index in [1.165, 1.54) is 12.1 Å². The van der Waals surface area contributed by atoms with Crippen LogP contribution in [0.3, 0.4) is 0 Å². The Balaban J connectivity index is 1.78. The van der Waals surface area contributed by atoms with Crippen LogP contribution < -0.4 is 5.32 Å². The smallest absolute Gasteiger partial charge is 0.295 e. The number of aromatic nitrogens is 3. The maximum Gasteiger partial charge on any atom is 0.295 e. The molecular formula is C24H20ClFN4O. The monoisotopic (exact) mass is 434 g/mol. The van der Waals surface area contributed by atoms with Crippen LogP contribution in [0.1, 0.15) is 27.3 Å². The molecule has 0 saturated heterocycles. The van der Waals surface area contributed by atoms with Crippen LogP contribution in [0, 0.1) is 26.6 Å². The van der Waals surface area contributed by atoms with Crippen LogP contribution in [0.4, 0.5) is 10.1 Å². The number of anilines is 1. The van der Waals surface area contributed by atoms with Crippen molar-refractivity contribution in [2.75, 3.05) is 5.32 Å². The van der Waals surface area contributed by atoms with Gasteiger partial charge in [-0.1, -0.05) is 23.7 Å². The highest BCUT2D eigenvalue weighted by molar-refractivity contribution is 6.31. The molecule has 7 heteroatoms. The summed E-state index contributed by atoms with van der Waals surface area (Å²) in [7, 11) is 0. The van der Waals surface area contributed by atoms with Gasteiger partial charge in [0.2, 0.25) is 5.82 Å². The van der Waals surface area contributed by atoms with Crippen LogP contribution in [0.2, 0.25) is 5.02 Å². The molecule has 0 radical (unpaired) electrons. The number of hydrogen-bond acceptors (Lipinski definition) is 3. The lowest BCUT2D eigenvalue weighted by Gasteiger charge is -2.08. The standard InChI is InChI=1S/C24H20ClFN4O/c1-14-5-11-20(12-16(14)3)30-23(17-6-9-19(26)10-7-17)28-22(29-30)24(31)27-21-13-18(25)8-4-15(21)2/h4-13H,1-3H3,(H,27,31). The van der Waals surface area contributed by atoms with Gasteiger partial charge in [-0.25, -0.2) is 14.1 Å². The number of hydrogen-bond donors (Lipinski definition) is 1. The Hall–Kier alpha value is -3.51. The van der Waals surface area contributed by atoms with Crippen molar-refractivity contribution in [3.8, 4) is 17.1 Å². The van der Waals surface area contributed by atoms with E-state index < -0.39 is 5.91 Å². The molecule has 0 fully saturated rings. The third-order valence-electron chi connectivity index (χ3n) is 5.10. The fourth-order valence-corrected chi connectivity index (χ4v) is 3.31. The van der Waals surface area contributed by atoms with Gasteiger partial charge >= 0.3 is 0 Å². The molecule has 3 aromatic carbocycles. The summed E-state index contributed by atoms with van der Waals surface area (Å²) in [5, 5.41) is 7.80. The maximum atomic E-state index is 13.5. The first-order valence-electron chi connectivity index (χ1n) is 9.70. The average molecular weight is 435 g/mol. The number of aryl methyl sites for hydroxylation is 3. The lowest BCUT2D eigenvalue weighted by molar-refractivity contribution is 0.101. The van der Waals surface area contributed by atoms with Gasteiger partial charge in [0.15, 0.2) is 5.82 Å². The third kappa shape index (κ3) is 4.34. The molecule has 0 aliphatic rings. The molecule has 4 aromatic rings. The van der Waals surface area contributed by atoms with Gasteiger partial charge in [-0.15, -0.1) is 5.10 Å². The number of nitrogens with one attached hydrogen (secondary N) is 1. The molecule has 0 saturated carbocycles. The van der Waals surface area contributed by atoms with Gasteiger partial charge < -0.3 is 5.32 Å². The van der Waals surface area contributed by atoms with Gasteiger partial charge in [-0.05, 0) is 86.0 Å². The zero-order valence-corrected chi connectivity index (χ0v) is 18.0. The lowest BCUT2D eigenvalue weighted by atomic mass is 10.1. The van der Waals surface area contributed by atoms with Crippen molar-refractivity contribution in [3.63, 3.8) is 0 Å². The molecule has 0 spiro atoms. The second-order valence-corrected chi connectivity index (χ2v) is 7.80. The lowest BCUT2D eigenvalue weighted by Crippen LogP contribution is -2.15. The molecule has 0 aliphatic heterocycles. The molecule has 1 aromatic heterocycles. The van der Waals surface area contributed by atoms with Crippen LogP contribution in [0.15, 0.2) is 60.7 Å². The minimum Gasteiger partial charge on any atom is -0.319 e. The fraction of sp³-hybridized carbons (Fsp3) is 0.125. The van der Waals surface area contributed by atoms with E-state index >= 15 is 0 Å². The Morgan fingerprint density at radius 3 is 2.35 bits per heavy atom. The summed E-state index contributed by atoms with van der Waals surface area (Å²) < 4.78 is 15.0. The Bertz CT molecular complexity index is 1280. The second-order valence-electron chi connectivity index (χ2n) is 7.36. The van der Waals surface area contributed by atoms with Crippen molar-refractivity contribution in [2.45, 2.75) is 20.8 Å². The first kappa shape index (κ1) is 20.8. The first-order valence-corrected chi connectivity index (χ1v) is 10.1. The van der Waals surface area contributed by atoms with E-state index in [0.717, 1.165) is 22.4 Å². The van der Waals surface area contributed by atoms with Crippen molar-refractivity contribution < 1.29 is 9.18 Å². The molecule has 0 aliphatic carbocycles. The van der Waals surface area contributed by atoms with Crippen molar-refractivity contribution in [1.29, 1.82) is 0 Å². The van der Waals surface area contributed by atoms with Crippen LogP contribution >= 0.6 is 11.6 Å². The first-order chi connectivity index (χ1) is 14.8. The van der Waals surface area contributed by atoms with Gasteiger partial charge in [0.05, 0.1) is 5.69 Å². The Morgan fingerprint density at radius 1 is 0.935 bits per heavy atom. The summed E-state index contributed by atoms with van der Waals surface area (Å²) in [5.74, 6) is -0.375. The average Bonchev–Trinajstić information content (AvgIpc) is 3.19. The Kier molecular flexibility index (Phi) is 5.57.